The minimum Gasteiger partial charge on any atom is -0.481 e. The van der Waals surface area contributed by atoms with Crippen molar-refractivity contribution in [2.45, 2.75) is 37.9 Å². The topological polar surface area (TPSA) is 74.7 Å². The van der Waals surface area contributed by atoms with Gasteiger partial charge in [0.2, 0.25) is 10.0 Å². The van der Waals surface area contributed by atoms with Crippen molar-refractivity contribution < 1.29 is 18.3 Å². The number of hydrogen-bond donors (Lipinski definition) is 1. The van der Waals surface area contributed by atoms with Crippen LogP contribution in [0.25, 0.3) is 0 Å². The number of anilines is 1. The fourth-order valence-corrected chi connectivity index (χ4v) is 3.86. The molecule has 1 unspecified atom stereocenters. The van der Waals surface area contributed by atoms with Gasteiger partial charge in [-0.3, -0.25) is 9.10 Å². The molecule has 2 rings (SSSR count). The van der Waals surface area contributed by atoms with Crippen molar-refractivity contribution in [1.82, 2.24) is 0 Å². The van der Waals surface area contributed by atoms with Gasteiger partial charge in [0.15, 0.2) is 0 Å². The van der Waals surface area contributed by atoms with Gasteiger partial charge in [-0.25, -0.2) is 8.42 Å². The summed E-state index contributed by atoms with van der Waals surface area (Å²) in [5.74, 6) is -1.21. The Morgan fingerprint density at radius 3 is 2.50 bits per heavy atom. The minimum atomic E-state index is -3.52. The summed E-state index contributed by atoms with van der Waals surface area (Å²) in [7, 11) is -3.52. The number of carbonyl (C=O) groups is 1. The van der Waals surface area contributed by atoms with Gasteiger partial charge >= 0.3 is 5.97 Å². The lowest BCUT2D eigenvalue weighted by molar-refractivity contribution is -0.137. The van der Waals surface area contributed by atoms with Gasteiger partial charge in [0.05, 0.1) is 16.9 Å². The van der Waals surface area contributed by atoms with Crippen molar-refractivity contribution in [2.24, 2.45) is 0 Å². The Bertz CT molecular complexity index is 631. The maximum atomic E-state index is 12.6. The Labute approximate surface area is 119 Å². The van der Waals surface area contributed by atoms with Crippen molar-refractivity contribution >= 4 is 21.7 Å². The molecule has 1 heterocycles. The highest BCUT2D eigenvalue weighted by Gasteiger charge is 2.42. The van der Waals surface area contributed by atoms with Crippen LogP contribution in [0.4, 0.5) is 5.69 Å². The SMILES string of the molecule is CC(C)(C)S(=O)(=O)N1CC(CC(=O)O)c2ccccc21. The van der Waals surface area contributed by atoms with Crippen LogP contribution in [0, 0.1) is 0 Å². The second-order valence-electron chi connectivity index (χ2n) is 6.00. The van der Waals surface area contributed by atoms with E-state index < -0.39 is 20.7 Å². The average Bonchev–Trinajstić information content (AvgIpc) is 2.67. The Hall–Kier alpha value is -1.56. The fraction of sp³-hybridized carbons (Fsp3) is 0.500. The van der Waals surface area contributed by atoms with E-state index in [2.05, 4.69) is 0 Å². The van der Waals surface area contributed by atoms with Crippen molar-refractivity contribution in [3.8, 4) is 0 Å². The molecule has 1 aromatic carbocycles. The van der Waals surface area contributed by atoms with E-state index in [0.29, 0.717) is 5.69 Å². The van der Waals surface area contributed by atoms with Gasteiger partial charge in [0.25, 0.3) is 0 Å². The third kappa shape index (κ3) is 2.40. The zero-order valence-electron chi connectivity index (χ0n) is 11.8. The monoisotopic (exact) mass is 297 g/mol. The molecular formula is C14H19NO4S. The molecule has 0 bridgehead atoms. The zero-order valence-corrected chi connectivity index (χ0v) is 12.6. The van der Waals surface area contributed by atoms with E-state index in [1.54, 1.807) is 45.0 Å². The van der Waals surface area contributed by atoms with Crippen LogP contribution in [-0.4, -0.2) is 30.8 Å². The van der Waals surface area contributed by atoms with Crippen LogP contribution in [0.5, 0.6) is 0 Å². The van der Waals surface area contributed by atoms with Crippen molar-refractivity contribution in [3.63, 3.8) is 0 Å². The van der Waals surface area contributed by atoms with E-state index >= 15 is 0 Å². The number of nitrogens with zero attached hydrogens (tertiary/aromatic N) is 1. The summed E-state index contributed by atoms with van der Waals surface area (Å²) in [5, 5.41) is 8.98. The highest BCUT2D eigenvalue weighted by atomic mass is 32.2. The maximum Gasteiger partial charge on any atom is 0.304 e. The van der Waals surface area contributed by atoms with Crippen LogP contribution in [-0.2, 0) is 14.8 Å². The second-order valence-corrected chi connectivity index (χ2v) is 8.62. The van der Waals surface area contributed by atoms with Crippen LogP contribution in [0.15, 0.2) is 24.3 Å². The van der Waals surface area contributed by atoms with Crippen LogP contribution < -0.4 is 4.31 Å². The molecule has 0 aromatic heterocycles. The predicted molar refractivity (Wildman–Crippen MR) is 77.5 cm³/mol. The summed E-state index contributed by atoms with van der Waals surface area (Å²) in [6, 6.07) is 7.12. The molecule has 0 amide bonds. The normalized spacial score (nSPS) is 18.9. The van der Waals surface area contributed by atoms with Crippen LogP contribution in [0.1, 0.15) is 38.7 Å². The molecule has 0 radical (unpaired) electrons. The Kier molecular flexibility index (Phi) is 3.54. The number of aliphatic carboxylic acids is 1. The highest BCUT2D eigenvalue weighted by Crippen LogP contribution is 2.41. The van der Waals surface area contributed by atoms with Crippen molar-refractivity contribution in [1.29, 1.82) is 0 Å². The number of benzene rings is 1. The molecule has 1 atom stereocenters. The molecule has 20 heavy (non-hydrogen) atoms. The van der Waals surface area contributed by atoms with Gasteiger partial charge in [0.1, 0.15) is 0 Å². The van der Waals surface area contributed by atoms with Gasteiger partial charge in [-0.1, -0.05) is 18.2 Å². The number of carboxylic acid groups (broad SMARTS) is 1. The molecule has 0 spiro atoms. The summed E-state index contributed by atoms with van der Waals surface area (Å²) in [4.78, 5) is 11.0. The molecule has 0 saturated carbocycles. The second kappa shape index (κ2) is 4.77. The van der Waals surface area contributed by atoms with E-state index in [9.17, 15) is 13.2 Å². The lowest BCUT2D eigenvalue weighted by atomic mass is 9.98. The predicted octanol–water partition coefficient (Wildman–Crippen LogP) is 2.19. The summed E-state index contributed by atoms with van der Waals surface area (Å²) in [5.41, 5.74) is 1.40. The summed E-state index contributed by atoms with van der Waals surface area (Å²) in [6.45, 7) is 5.14. The number of carboxylic acids is 1. The third-order valence-electron chi connectivity index (χ3n) is 3.52. The quantitative estimate of drug-likeness (QED) is 0.928. The van der Waals surface area contributed by atoms with Crippen LogP contribution in [0.2, 0.25) is 0 Å². The molecule has 1 aliphatic heterocycles. The first-order chi connectivity index (χ1) is 9.14. The highest BCUT2D eigenvalue weighted by molar-refractivity contribution is 7.94. The Morgan fingerprint density at radius 1 is 1.35 bits per heavy atom. The first kappa shape index (κ1) is 14.8. The third-order valence-corrected chi connectivity index (χ3v) is 5.99. The van der Waals surface area contributed by atoms with E-state index in [4.69, 9.17) is 5.11 Å². The maximum absolute atomic E-state index is 12.6. The Morgan fingerprint density at radius 2 is 1.95 bits per heavy atom. The van der Waals surface area contributed by atoms with Crippen LogP contribution >= 0.6 is 0 Å². The molecular weight excluding hydrogens is 278 g/mol. The zero-order chi connectivity index (χ0) is 15.1. The first-order valence-electron chi connectivity index (χ1n) is 6.47. The van der Waals surface area contributed by atoms with Crippen molar-refractivity contribution in [3.05, 3.63) is 29.8 Å². The molecule has 0 fully saturated rings. The van der Waals surface area contributed by atoms with Crippen LogP contribution in [0.3, 0.4) is 0 Å². The minimum absolute atomic E-state index is 0.0623. The van der Waals surface area contributed by atoms with E-state index in [0.717, 1.165) is 5.56 Å². The lowest BCUT2D eigenvalue weighted by Gasteiger charge is -2.28. The smallest absolute Gasteiger partial charge is 0.304 e. The largest absolute Gasteiger partial charge is 0.481 e. The summed E-state index contributed by atoms with van der Waals surface area (Å²) >= 11 is 0. The van der Waals surface area contributed by atoms with Gasteiger partial charge in [-0.05, 0) is 32.4 Å². The fourth-order valence-electron chi connectivity index (χ4n) is 2.40. The molecule has 0 saturated heterocycles. The molecule has 6 heteroatoms. The van der Waals surface area contributed by atoms with Gasteiger partial charge in [-0.2, -0.15) is 0 Å². The lowest BCUT2D eigenvalue weighted by Crippen LogP contribution is -2.42. The number of fused-ring (bicyclic) bond motifs is 1. The molecule has 0 aliphatic carbocycles. The first-order valence-corrected chi connectivity index (χ1v) is 7.91. The summed E-state index contributed by atoms with van der Waals surface area (Å²) in [6.07, 6.45) is -0.0623. The van der Waals surface area contributed by atoms with Gasteiger partial charge in [0, 0.05) is 12.5 Å². The van der Waals surface area contributed by atoms with Gasteiger partial charge in [-0.15, -0.1) is 0 Å². The number of rotatable bonds is 3. The van der Waals surface area contributed by atoms with Crippen molar-refractivity contribution in [2.75, 3.05) is 10.8 Å². The molecule has 5 nitrogen and oxygen atoms in total. The molecule has 1 N–H and O–H groups in total. The number of hydrogen-bond acceptors (Lipinski definition) is 3. The number of para-hydroxylation sites is 1. The molecule has 1 aromatic rings. The van der Waals surface area contributed by atoms with Gasteiger partial charge < -0.3 is 5.11 Å². The van der Waals surface area contributed by atoms with E-state index in [1.165, 1.54) is 4.31 Å². The number of sulfonamides is 1. The summed E-state index contributed by atoms with van der Waals surface area (Å²) < 4.78 is 25.7. The molecule has 1 aliphatic rings. The standard InChI is InChI=1S/C14H19NO4S/c1-14(2,3)20(18,19)15-9-10(8-13(16)17)11-6-4-5-7-12(11)15/h4-7,10H,8-9H2,1-3H3,(H,16,17). The van der Waals surface area contributed by atoms with E-state index in [1.807, 2.05) is 0 Å². The molecule has 110 valence electrons. The Balaban J connectivity index is 2.47. The average molecular weight is 297 g/mol. The van der Waals surface area contributed by atoms with E-state index in [-0.39, 0.29) is 18.9 Å².